The summed E-state index contributed by atoms with van der Waals surface area (Å²) in [6.45, 7) is 1.96. The van der Waals surface area contributed by atoms with Crippen LogP contribution in [0.1, 0.15) is 54.9 Å². The molecule has 0 radical (unpaired) electrons. The third-order valence-electron chi connectivity index (χ3n) is 4.27. The van der Waals surface area contributed by atoms with Crippen molar-refractivity contribution in [2.45, 2.75) is 50.9 Å². The number of carbonyl (C=O) groups excluding carboxylic acids is 1. The van der Waals surface area contributed by atoms with E-state index in [1.54, 1.807) is 0 Å². The van der Waals surface area contributed by atoms with Crippen LogP contribution in [0.2, 0.25) is 0 Å². The van der Waals surface area contributed by atoms with Crippen LogP contribution in [0.4, 0.5) is 0 Å². The molecule has 0 spiro atoms. The van der Waals surface area contributed by atoms with Crippen LogP contribution in [0.3, 0.4) is 0 Å². The summed E-state index contributed by atoms with van der Waals surface area (Å²) in [6, 6.07) is 2.18. The highest BCUT2D eigenvalue weighted by Gasteiger charge is 2.30. The maximum atomic E-state index is 12.7. The normalized spacial score (nSPS) is 24.4. The summed E-state index contributed by atoms with van der Waals surface area (Å²) in [5.74, 6) is 0.564. The topological polar surface area (TPSA) is 20.3 Å². The number of rotatable bonds is 1. The average molecular weight is 263 g/mol. The Balaban J connectivity index is 1.77. The largest absolute Gasteiger partial charge is 0.342 e. The highest BCUT2D eigenvalue weighted by molar-refractivity contribution is 7.10. The predicted octanol–water partition coefficient (Wildman–Crippen LogP) is 3.57. The Morgan fingerprint density at radius 2 is 1.94 bits per heavy atom. The Kier molecular flexibility index (Phi) is 3.69. The van der Waals surface area contributed by atoms with E-state index in [0.717, 1.165) is 19.5 Å². The number of likely N-dealkylation sites (tertiary alicyclic amines) is 1. The number of fused-ring (bicyclic) bond motifs is 1. The monoisotopic (exact) mass is 263 g/mol. The molecule has 0 bridgehead atoms. The van der Waals surface area contributed by atoms with Gasteiger partial charge < -0.3 is 4.90 Å². The van der Waals surface area contributed by atoms with E-state index in [4.69, 9.17) is 0 Å². The number of aryl methyl sites for hydroxylation is 1. The van der Waals surface area contributed by atoms with Gasteiger partial charge in [0.05, 0.1) is 5.92 Å². The van der Waals surface area contributed by atoms with Crippen molar-refractivity contribution in [2.24, 2.45) is 0 Å². The first kappa shape index (κ1) is 12.2. The Labute approximate surface area is 113 Å². The molecular weight excluding hydrogens is 242 g/mol. The van der Waals surface area contributed by atoms with Gasteiger partial charge in [0.2, 0.25) is 5.91 Å². The van der Waals surface area contributed by atoms with Crippen molar-refractivity contribution >= 4 is 17.2 Å². The van der Waals surface area contributed by atoms with Gasteiger partial charge in [-0.05, 0) is 49.1 Å². The third kappa shape index (κ3) is 2.33. The van der Waals surface area contributed by atoms with Crippen LogP contribution in [0, 0.1) is 0 Å². The molecule has 0 N–H and O–H groups in total. The Hall–Kier alpha value is -0.830. The lowest BCUT2D eigenvalue weighted by Crippen LogP contribution is -2.36. The van der Waals surface area contributed by atoms with Crippen LogP contribution in [-0.4, -0.2) is 23.9 Å². The predicted molar refractivity (Wildman–Crippen MR) is 75.0 cm³/mol. The van der Waals surface area contributed by atoms with Crippen LogP contribution in [0.15, 0.2) is 11.4 Å². The van der Waals surface area contributed by atoms with Gasteiger partial charge >= 0.3 is 0 Å². The minimum Gasteiger partial charge on any atom is -0.342 e. The van der Waals surface area contributed by atoms with Crippen molar-refractivity contribution in [2.75, 3.05) is 13.1 Å². The summed E-state index contributed by atoms with van der Waals surface area (Å²) in [4.78, 5) is 16.3. The number of hydrogen-bond acceptors (Lipinski definition) is 2. The molecule has 1 saturated heterocycles. The highest BCUT2D eigenvalue weighted by atomic mass is 32.1. The molecule has 2 aliphatic rings. The zero-order valence-corrected chi connectivity index (χ0v) is 11.7. The average Bonchev–Trinajstić information content (AvgIpc) is 2.71. The number of nitrogens with zero attached hydrogens (tertiary/aromatic N) is 1. The Bertz CT molecular complexity index is 418. The van der Waals surface area contributed by atoms with Gasteiger partial charge in [0.1, 0.15) is 0 Å². The van der Waals surface area contributed by atoms with Gasteiger partial charge in [0.15, 0.2) is 0 Å². The minimum absolute atomic E-state index is 0.165. The number of amides is 1. The molecule has 1 aromatic heterocycles. The van der Waals surface area contributed by atoms with Crippen LogP contribution in [0.5, 0.6) is 0 Å². The van der Waals surface area contributed by atoms with E-state index in [2.05, 4.69) is 16.3 Å². The second-order valence-electron chi connectivity index (χ2n) is 5.48. The fourth-order valence-corrected chi connectivity index (χ4v) is 4.24. The summed E-state index contributed by atoms with van der Waals surface area (Å²) in [6.07, 6.45) is 8.37. The summed E-state index contributed by atoms with van der Waals surface area (Å²) < 4.78 is 0. The molecule has 1 aliphatic carbocycles. The van der Waals surface area contributed by atoms with Crippen molar-refractivity contribution in [3.8, 4) is 0 Å². The Morgan fingerprint density at radius 3 is 2.72 bits per heavy atom. The molecule has 18 heavy (non-hydrogen) atoms. The van der Waals surface area contributed by atoms with E-state index in [1.807, 2.05) is 11.3 Å². The quantitative estimate of drug-likeness (QED) is 0.758. The van der Waals surface area contributed by atoms with Crippen LogP contribution in [-0.2, 0) is 11.2 Å². The van der Waals surface area contributed by atoms with Crippen LogP contribution in [0.25, 0.3) is 0 Å². The molecule has 3 rings (SSSR count). The fourth-order valence-electron chi connectivity index (χ4n) is 3.25. The zero-order valence-electron chi connectivity index (χ0n) is 10.9. The molecule has 1 fully saturated rings. The van der Waals surface area contributed by atoms with Gasteiger partial charge in [-0.2, -0.15) is 0 Å². The summed E-state index contributed by atoms with van der Waals surface area (Å²) in [5.41, 5.74) is 1.33. The molecule has 2 heterocycles. The van der Waals surface area contributed by atoms with Gasteiger partial charge in [-0.25, -0.2) is 0 Å². The van der Waals surface area contributed by atoms with Crippen molar-refractivity contribution in [1.29, 1.82) is 0 Å². The van der Waals surface area contributed by atoms with E-state index in [-0.39, 0.29) is 5.92 Å². The van der Waals surface area contributed by atoms with Crippen molar-refractivity contribution in [1.82, 2.24) is 4.90 Å². The van der Waals surface area contributed by atoms with E-state index < -0.39 is 0 Å². The first-order valence-electron chi connectivity index (χ1n) is 7.21. The second-order valence-corrected chi connectivity index (χ2v) is 6.48. The summed E-state index contributed by atoms with van der Waals surface area (Å²) in [5, 5.41) is 2.15. The smallest absolute Gasteiger partial charge is 0.230 e. The Morgan fingerprint density at radius 1 is 1.17 bits per heavy atom. The number of hydrogen-bond donors (Lipinski definition) is 0. The lowest BCUT2D eigenvalue weighted by Gasteiger charge is -2.28. The van der Waals surface area contributed by atoms with Gasteiger partial charge in [0, 0.05) is 18.0 Å². The molecule has 1 atom stereocenters. The van der Waals surface area contributed by atoms with Gasteiger partial charge in [-0.15, -0.1) is 11.3 Å². The van der Waals surface area contributed by atoms with Gasteiger partial charge in [-0.3, -0.25) is 4.79 Å². The van der Waals surface area contributed by atoms with E-state index in [0.29, 0.717) is 5.91 Å². The van der Waals surface area contributed by atoms with E-state index in [9.17, 15) is 4.79 Å². The second kappa shape index (κ2) is 5.43. The number of thiophene rings is 1. The molecule has 0 aromatic carbocycles. The minimum atomic E-state index is 0.165. The third-order valence-corrected chi connectivity index (χ3v) is 5.26. The molecular formula is C15H21NOS. The maximum absolute atomic E-state index is 12.7. The standard InChI is InChI=1S/C15H21NOS/c17-15(16-9-3-1-2-4-10-16)13-6-5-7-14-12(13)8-11-18-14/h8,11,13H,1-7,9-10H2. The lowest BCUT2D eigenvalue weighted by atomic mass is 9.86. The van der Waals surface area contributed by atoms with Gasteiger partial charge in [-0.1, -0.05) is 12.8 Å². The molecule has 2 nitrogen and oxygen atoms in total. The van der Waals surface area contributed by atoms with E-state index in [1.165, 1.54) is 49.0 Å². The van der Waals surface area contributed by atoms with Gasteiger partial charge in [0.25, 0.3) is 0 Å². The molecule has 1 aliphatic heterocycles. The highest BCUT2D eigenvalue weighted by Crippen LogP contribution is 2.36. The van der Waals surface area contributed by atoms with Crippen molar-refractivity contribution in [3.05, 3.63) is 21.9 Å². The first-order valence-corrected chi connectivity index (χ1v) is 8.09. The molecule has 1 aromatic rings. The van der Waals surface area contributed by atoms with Crippen LogP contribution < -0.4 is 0 Å². The maximum Gasteiger partial charge on any atom is 0.230 e. The molecule has 0 saturated carbocycles. The number of carbonyl (C=O) groups is 1. The molecule has 1 unspecified atom stereocenters. The van der Waals surface area contributed by atoms with Crippen LogP contribution >= 0.6 is 11.3 Å². The van der Waals surface area contributed by atoms with E-state index >= 15 is 0 Å². The molecule has 1 amide bonds. The van der Waals surface area contributed by atoms with Crippen molar-refractivity contribution in [3.63, 3.8) is 0 Å². The lowest BCUT2D eigenvalue weighted by molar-refractivity contribution is -0.133. The summed E-state index contributed by atoms with van der Waals surface area (Å²) in [7, 11) is 0. The summed E-state index contributed by atoms with van der Waals surface area (Å²) >= 11 is 1.83. The molecule has 3 heteroatoms. The SMILES string of the molecule is O=C(C1CCCc2sccc21)N1CCCCCC1. The molecule has 98 valence electrons. The van der Waals surface area contributed by atoms with Crippen molar-refractivity contribution < 1.29 is 4.79 Å². The first-order chi connectivity index (χ1) is 8.86. The zero-order chi connectivity index (χ0) is 12.4. The fraction of sp³-hybridized carbons (Fsp3) is 0.667.